The zero-order chi connectivity index (χ0) is 16.2. The van der Waals surface area contributed by atoms with Crippen LogP contribution >= 0.6 is 23.2 Å². The lowest BCUT2D eigenvalue weighted by atomic mass is 10.2. The number of hydrogen-bond acceptors (Lipinski definition) is 3. The normalized spacial score (nSPS) is 12.9. The van der Waals surface area contributed by atoms with Gasteiger partial charge in [0.2, 0.25) is 9.84 Å². The van der Waals surface area contributed by atoms with E-state index in [2.05, 4.69) is 5.32 Å². The van der Waals surface area contributed by atoms with Gasteiger partial charge in [0.15, 0.2) is 5.37 Å². The summed E-state index contributed by atoms with van der Waals surface area (Å²) in [7, 11) is -3.90. The fourth-order valence-corrected chi connectivity index (χ4v) is 4.14. The minimum absolute atomic E-state index is 0.0414. The summed E-state index contributed by atoms with van der Waals surface area (Å²) in [6, 6.07) is 15.9. The number of benzene rings is 2. The first-order valence-corrected chi connectivity index (χ1v) is 8.78. The van der Waals surface area contributed by atoms with Gasteiger partial charge in [0, 0.05) is 5.56 Å². The average Bonchev–Trinajstić information content (AvgIpc) is 2.53. The van der Waals surface area contributed by atoms with E-state index in [4.69, 9.17) is 23.2 Å². The molecule has 2 aromatic carbocycles. The highest BCUT2D eigenvalue weighted by atomic mass is 35.5. The summed E-state index contributed by atoms with van der Waals surface area (Å²) in [5.41, 5.74) is 0.324. The Morgan fingerprint density at radius 3 is 1.91 bits per heavy atom. The Morgan fingerprint density at radius 2 is 1.41 bits per heavy atom. The van der Waals surface area contributed by atoms with E-state index in [1.54, 1.807) is 48.5 Å². The van der Waals surface area contributed by atoms with E-state index < -0.39 is 26.0 Å². The molecule has 22 heavy (non-hydrogen) atoms. The van der Waals surface area contributed by atoms with Crippen LogP contribution in [0.15, 0.2) is 65.6 Å². The number of halogens is 2. The molecule has 0 saturated carbocycles. The summed E-state index contributed by atoms with van der Waals surface area (Å²) >= 11 is 11.6. The Balaban J connectivity index is 2.30. The van der Waals surface area contributed by atoms with Crippen molar-refractivity contribution in [2.75, 3.05) is 0 Å². The van der Waals surface area contributed by atoms with Gasteiger partial charge in [0.1, 0.15) is 4.84 Å². The number of carbonyl (C=O) groups excluding carboxylic acids is 1. The molecule has 0 radical (unpaired) electrons. The molecule has 0 aliphatic carbocycles. The SMILES string of the molecule is O=C(NC(C(Cl)Cl)S(=O)(=O)c1ccccc1)c1ccccc1. The summed E-state index contributed by atoms with van der Waals surface area (Å²) in [4.78, 5) is 10.9. The van der Waals surface area contributed by atoms with Crippen molar-refractivity contribution in [2.24, 2.45) is 0 Å². The molecule has 1 unspecified atom stereocenters. The smallest absolute Gasteiger partial charge is 0.252 e. The van der Waals surface area contributed by atoms with E-state index >= 15 is 0 Å². The highest BCUT2D eigenvalue weighted by Gasteiger charge is 2.34. The van der Waals surface area contributed by atoms with Crippen LogP contribution in [-0.2, 0) is 9.84 Å². The van der Waals surface area contributed by atoms with Crippen LogP contribution in [0.4, 0.5) is 0 Å². The van der Waals surface area contributed by atoms with Crippen molar-refractivity contribution in [3.63, 3.8) is 0 Å². The summed E-state index contributed by atoms with van der Waals surface area (Å²) in [6.07, 6.45) is 0. The van der Waals surface area contributed by atoms with Crippen LogP contribution < -0.4 is 5.32 Å². The summed E-state index contributed by atoms with van der Waals surface area (Å²) < 4.78 is 25.1. The predicted octanol–water partition coefficient (Wildman–Crippen LogP) is 3.02. The van der Waals surface area contributed by atoms with Crippen LogP contribution in [0.25, 0.3) is 0 Å². The average molecular weight is 358 g/mol. The maximum atomic E-state index is 12.6. The number of sulfone groups is 1. The molecule has 0 aliphatic heterocycles. The Kier molecular flexibility index (Phi) is 5.45. The molecule has 0 bridgehead atoms. The van der Waals surface area contributed by atoms with E-state index in [-0.39, 0.29) is 4.90 Å². The van der Waals surface area contributed by atoms with Crippen LogP contribution in [0.3, 0.4) is 0 Å². The quantitative estimate of drug-likeness (QED) is 0.836. The second-order valence-corrected chi connectivity index (χ2v) is 7.69. The molecule has 2 rings (SSSR count). The van der Waals surface area contributed by atoms with Crippen molar-refractivity contribution in [3.8, 4) is 0 Å². The summed E-state index contributed by atoms with van der Waals surface area (Å²) in [5, 5.41) is 0.942. The molecular formula is C15H13Cl2NO3S. The van der Waals surface area contributed by atoms with Gasteiger partial charge >= 0.3 is 0 Å². The Morgan fingerprint density at radius 1 is 0.909 bits per heavy atom. The highest BCUT2D eigenvalue weighted by molar-refractivity contribution is 7.92. The lowest BCUT2D eigenvalue weighted by Gasteiger charge is -2.20. The number of alkyl halides is 2. The van der Waals surface area contributed by atoms with E-state index in [0.717, 1.165) is 0 Å². The van der Waals surface area contributed by atoms with Crippen molar-refractivity contribution in [1.29, 1.82) is 0 Å². The monoisotopic (exact) mass is 357 g/mol. The molecule has 0 aliphatic rings. The maximum absolute atomic E-state index is 12.6. The first kappa shape index (κ1) is 16.8. The predicted molar refractivity (Wildman–Crippen MR) is 86.8 cm³/mol. The zero-order valence-electron chi connectivity index (χ0n) is 11.3. The lowest BCUT2D eigenvalue weighted by Crippen LogP contribution is -2.45. The number of rotatable bonds is 5. The molecule has 7 heteroatoms. The van der Waals surface area contributed by atoms with E-state index in [1.165, 1.54) is 12.1 Å². The third-order valence-electron chi connectivity index (χ3n) is 2.94. The van der Waals surface area contributed by atoms with Crippen LogP contribution in [0.5, 0.6) is 0 Å². The van der Waals surface area contributed by atoms with Gasteiger partial charge in [-0.15, -0.1) is 23.2 Å². The standard InChI is InChI=1S/C15H13Cl2NO3S/c16-13(17)15(18-14(19)11-7-3-1-4-8-11)22(20,21)12-9-5-2-6-10-12/h1-10,13,15H,(H,18,19). The molecule has 0 aromatic heterocycles. The third-order valence-corrected chi connectivity index (χ3v) is 5.73. The molecule has 0 saturated heterocycles. The Bertz CT molecular complexity index is 734. The lowest BCUT2D eigenvalue weighted by molar-refractivity contribution is 0.0949. The molecule has 0 fully saturated rings. The van der Waals surface area contributed by atoms with Gasteiger partial charge in [-0.05, 0) is 24.3 Å². The molecule has 1 N–H and O–H groups in total. The van der Waals surface area contributed by atoms with Crippen LogP contribution in [0, 0.1) is 0 Å². The van der Waals surface area contributed by atoms with E-state index in [9.17, 15) is 13.2 Å². The minimum atomic E-state index is -3.90. The van der Waals surface area contributed by atoms with Crippen molar-refractivity contribution in [1.82, 2.24) is 5.32 Å². The highest BCUT2D eigenvalue weighted by Crippen LogP contribution is 2.22. The fourth-order valence-electron chi connectivity index (χ4n) is 1.83. The summed E-state index contributed by atoms with van der Waals surface area (Å²) in [5.74, 6) is -0.559. The fraction of sp³-hybridized carbons (Fsp3) is 0.133. The third kappa shape index (κ3) is 3.80. The van der Waals surface area contributed by atoms with Gasteiger partial charge in [-0.25, -0.2) is 8.42 Å². The second-order valence-electron chi connectivity index (χ2n) is 4.45. The number of amides is 1. The number of nitrogens with one attached hydrogen (secondary N) is 1. The van der Waals surface area contributed by atoms with Gasteiger partial charge in [-0.1, -0.05) is 36.4 Å². The molecule has 116 valence electrons. The number of carbonyl (C=O) groups is 1. The maximum Gasteiger partial charge on any atom is 0.252 e. The first-order valence-electron chi connectivity index (χ1n) is 6.36. The van der Waals surface area contributed by atoms with E-state index in [0.29, 0.717) is 5.56 Å². The van der Waals surface area contributed by atoms with Crippen molar-refractivity contribution >= 4 is 38.9 Å². The molecule has 0 spiro atoms. The molecule has 0 heterocycles. The van der Waals surface area contributed by atoms with Crippen LogP contribution in [-0.4, -0.2) is 24.5 Å². The molecule has 1 atom stereocenters. The topological polar surface area (TPSA) is 63.2 Å². The molecule has 1 amide bonds. The molecule has 2 aromatic rings. The summed E-state index contributed by atoms with van der Waals surface area (Å²) in [6.45, 7) is 0. The zero-order valence-corrected chi connectivity index (χ0v) is 13.6. The van der Waals surface area contributed by atoms with Gasteiger partial charge in [0.25, 0.3) is 5.91 Å². The minimum Gasteiger partial charge on any atom is -0.333 e. The van der Waals surface area contributed by atoms with Gasteiger partial charge in [-0.3, -0.25) is 4.79 Å². The second kappa shape index (κ2) is 7.13. The Hall–Kier alpha value is -1.56. The van der Waals surface area contributed by atoms with E-state index in [1.807, 2.05) is 0 Å². The first-order chi connectivity index (χ1) is 10.4. The van der Waals surface area contributed by atoms with Crippen LogP contribution in [0.2, 0.25) is 0 Å². The van der Waals surface area contributed by atoms with Gasteiger partial charge < -0.3 is 5.32 Å². The largest absolute Gasteiger partial charge is 0.333 e. The van der Waals surface area contributed by atoms with Crippen molar-refractivity contribution < 1.29 is 13.2 Å². The molecule has 4 nitrogen and oxygen atoms in total. The molecular weight excluding hydrogens is 345 g/mol. The van der Waals surface area contributed by atoms with Crippen LogP contribution in [0.1, 0.15) is 10.4 Å². The van der Waals surface area contributed by atoms with Gasteiger partial charge in [0.05, 0.1) is 4.90 Å². The number of hydrogen-bond donors (Lipinski definition) is 1. The van der Waals surface area contributed by atoms with Crippen molar-refractivity contribution in [2.45, 2.75) is 15.1 Å². The Labute approximate surface area is 139 Å². The van der Waals surface area contributed by atoms with Gasteiger partial charge in [-0.2, -0.15) is 0 Å². The van der Waals surface area contributed by atoms with Crippen molar-refractivity contribution in [3.05, 3.63) is 66.2 Å².